The van der Waals surface area contributed by atoms with Gasteiger partial charge in [-0.2, -0.15) is 0 Å². The third-order valence-corrected chi connectivity index (χ3v) is 6.44. The second kappa shape index (κ2) is 10.9. The number of anilines is 1. The molecule has 0 spiro atoms. The van der Waals surface area contributed by atoms with Gasteiger partial charge in [-0.15, -0.1) is 0 Å². The van der Waals surface area contributed by atoms with E-state index >= 15 is 0 Å². The van der Waals surface area contributed by atoms with Gasteiger partial charge >= 0.3 is 0 Å². The van der Waals surface area contributed by atoms with Crippen LogP contribution in [0.3, 0.4) is 0 Å². The number of amides is 3. The second-order valence-electron chi connectivity index (χ2n) is 7.79. The van der Waals surface area contributed by atoms with Crippen molar-refractivity contribution in [3.63, 3.8) is 0 Å². The zero-order valence-corrected chi connectivity index (χ0v) is 21.3. The first-order chi connectivity index (χ1) is 16.8. The molecule has 3 aromatic rings. The van der Waals surface area contributed by atoms with Gasteiger partial charge < -0.3 is 5.32 Å². The van der Waals surface area contributed by atoms with Gasteiger partial charge in [0.25, 0.3) is 11.8 Å². The minimum atomic E-state index is -1.06. The normalized spacial score (nSPS) is 15.3. The van der Waals surface area contributed by atoms with Gasteiger partial charge in [0.2, 0.25) is 5.91 Å². The zero-order valence-electron chi connectivity index (χ0n) is 18.3. The average Bonchev–Trinajstić information content (AvgIpc) is 3.05. The summed E-state index contributed by atoms with van der Waals surface area (Å²) < 4.78 is 14.6. The number of halogens is 2. The molecule has 1 aliphatic heterocycles. The van der Waals surface area contributed by atoms with Crippen molar-refractivity contribution in [3.05, 3.63) is 99.4 Å². The maximum Gasteiger partial charge on any atom is 0.269 e. The molecule has 1 fully saturated rings. The number of carbonyl (C=O) groups excluding carboxylic acids is 3. The minimum Gasteiger partial charge on any atom is -0.326 e. The van der Waals surface area contributed by atoms with Crippen LogP contribution in [-0.2, 0) is 16.1 Å². The maximum absolute atomic E-state index is 13.6. The predicted octanol–water partition coefficient (Wildman–Crippen LogP) is 4.10. The number of rotatable bonds is 7. The lowest BCUT2D eigenvalue weighted by molar-refractivity contribution is -0.131. The molecule has 1 aliphatic rings. The molecule has 0 radical (unpaired) electrons. The van der Waals surface area contributed by atoms with Crippen molar-refractivity contribution in [2.24, 2.45) is 0 Å². The van der Waals surface area contributed by atoms with Gasteiger partial charge in [0.05, 0.1) is 13.0 Å². The van der Waals surface area contributed by atoms with E-state index in [1.54, 1.807) is 12.1 Å². The third kappa shape index (κ3) is 6.01. The second-order valence-corrected chi connectivity index (χ2v) is 9.40. The summed E-state index contributed by atoms with van der Waals surface area (Å²) in [6.45, 7) is 0.181. The standard InChI is InChI=1S/C25H20FIN4O3S/c26-18-8-4-7-17(13-18)23(33)29-31-21(14-22(32)28-20-11-9-19(27)10-12-20)24(34)30(25(31)35)15-16-5-2-1-3-6-16/h1-13,21H,14-15H2,(H,28,32)(H,29,33)/t21-/m1/s1. The van der Waals surface area contributed by atoms with Gasteiger partial charge in [-0.25, -0.2) is 9.40 Å². The van der Waals surface area contributed by atoms with Crippen molar-refractivity contribution in [3.8, 4) is 0 Å². The van der Waals surface area contributed by atoms with Crippen molar-refractivity contribution in [2.75, 3.05) is 5.32 Å². The van der Waals surface area contributed by atoms with Crippen LogP contribution in [-0.4, -0.2) is 38.8 Å². The Labute approximate surface area is 220 Å². The van der Waals surface area contributed by atoms with Crippen molar-refractivity contribution in [1.29, 1.82) is 0 Å². The number of carbonyl (C=O) groups is 3. The summed E-state index contributed by atoms with van der Waals surface area (Å²) in [6.07, 6.45) is -0.250. The van der Waals surface area contributed by atoms with Crippen LogP contribution in [0.25, 0.3) is 0 Å². The summed E-state index contributed by atoms with van der Waals surface area (Å²) in [5, 5.41) is 4.02. The molecule has 10 heteroatoms. The number of hydrogen-bond donors (Lipinski definition) is 2. The monoisotopic (exact) mass is 602 g/mol. The Morgan fingerprint density at radius 2 is 1.71 bits per heavy atom. The van der Waals surface area contributed by atoms with E-state index in [0.29, 0.717) is 5.69 Å². The molecule has 3 aromatic carbocycles. The van der Waals surface area contributed by atoms with Gasteiger partial charge in [-0.3, -0.25) is 24.7 Å². The molecule has 178 valence electrons. The summed E-state index contributed by atoms with van der Waals surface area (Å²) in [7, 11) is 0. The molecular weight excluding hydrogens is 582 g/mol. The van der Waals surface area contributed by atoms with Crippen LogP contribution >= 0.6 is 34.8 Å². The average molecular weight is 602 g/mol. The maximum atomic E-state index is 13.6. The molecule has 35 heavy (non-hydrogen) atoms. The van der Waals surface area contributed by atoms with E-state index in [1.165, 1.54) is 28.1 Å². The van der Waals surface area contributed by atoms with Crippen molar-refractivity contribution in [2.45, 2.75) is 19.0 Å². The van der Waals surface area contributed by atoms with E-state index in [9.17, 15) is 18.8 Å². The Hall–Kier alpha value is -3.38. The number of benzene rings is 3. The molecule has 3 amide bonds. The van der Waals surface area contributed by atoms with E-state index in [0.717, 1.165) is 15.2 Å². The Kier molecular flexibility index (Phi) is 7.71. The van der Waals surface area contributed by atoms with E-state index in [-0.39, 0.29) is 23.6 Å². The van der Waals surface area contributed by atoms with Crippen LogP contribution in [0.15, 0.2) is 78.9 Å². The lowest BCUT2D eigenvalue weighted by atomic mass is 10.1. The molecule has 2 N–H and O–H groups in total. The number of nitrogens with one attached hydrogen (secondary N) is 2. The van der Waals surface area contributed by atoms with Crippen LogP contribution in [0.2, 0.25) is 0 Å². The van der Waals surface area contributed by atoms with Gasteiger partial charge in [0, 0.05) is 14.8 Å². The highest BCUT2D eigenvalue weighted by Crippen LogP contribution is 2.23. The van der Waals surface area contributed by atoms with E-state index in [2.05, 4.69) is 33.3 Å². The van der Waals surface area contributed by atoms with Gasteiger partial charge in [0.1, 0.15) is 11.9 Å². The SMILES string of the molecule is O=C(C[C@@H]1C(=O)N(Cc2ccccc2)C(=S)N1NC(=O)c1cccc(F)c1)Nc1ccc(I)cc1. The van der Waals surface area contributed by atoms with Crippen LogP contribution in [0.4, 0.5) is 10.1 Å². The number of thiocarbonyl (C=S) groups is 1. The molecule has 0 bridgehead atoms. The van der Waals surface area contributed by atoms with E-state index < -0.39 is 29.6 Å². The number of hydrogen-bond acceptors (Lipinski definition) is 4. The number of nitrogens with zero attached hydrogens (tertiary/aromatic N) is 2. The lowest BCUT2D eigenvalue weighted by Crippen LogP contribution is -2.49. The number of hydrazine groups is 1. The van der Waals surface area contributed by atoms with Crippen molar-refractivity contribution < 1.29 is 18.8 Å². The third-order valence-electron chi connectivity index (χ3n) is 5.30. The topological polar surface area (TPSA) is 81.8 Å². The summed E-state index contributed by atoms with van der Waals surface area (Å²) in [6, 6.07) is 20.5. The zero-order chi connectivity index (χ0) is 24.9. The van der Waals surface area contributed by atoms with Gasteiger partial charge in [0.15, 0.2) is 5.11 Å². The molecule has 0 saturated carbocycles. The first-order valence-corrected chi connectivity index (χ1v) is 12.1. The molecule has 1 atom stereocenters. The highest BCUT2D eigenvalue weighted by molar-refractivity contribution is 14.1. The molecule has 0 unspecified atom stereocenters. The molecular formula is C25H20FIN4O3S. The Morgan fingerprint density at radius 3 is 2.40 bits per heavy atom. The first-order valence-electron chi connectivity index (χ1n) is 10.6. The summed E-state index contributed by atoms with van der Waals surface area (Å²) in [5.74, 6) is -2.06. The highest BCUT2D eigenvalue weighted by Gasteiger charge is 2.44. The first kappa shape index (κ1) is 24.7. The molecule has 7 nitrogen and oxygen atoms in total. The summed E-state index contributed by atoms with van der Waals surface area (Å²) in [5.41, 5.74) is 4.07. The fourth-order valence-corrected chi connectivity index (χ4v) is 4.28. The smallest absolute Gasteiger partial charge is 0.269 e. The van der Waals surface area contributed by atoms with Crippen LogP contribution in [0.5, 0.6) is 0 Å². The van der Waals surface area contributed by atoms with Crippen molar-refractivity contribution in [1.82, 2.24) is 15.3 Å². The van der Waals surface area contributed by atoms with E-state index in [1.807, 2.05) is 42.5 Å². The fourth-order valence-electron chi connectivity index (χ4n) is 3.59. The Morgan fingerprint density at radius 1 is 1.00 bits per heavy atom. The summed E-state index contributed by atoms with van der Waals surface area (Å²) >= 11 is 7.68. The lowest BCUT2D eigenvalue weighted by Gasteiger charge is -2.24. The fraction of sp³-hybridized carbons (Fsp3) is 0.120. The minimum absolute atomic E-state index is 0.0515. The largest absolute Gasteiger partial charge is 0.326 e. The quantitative estimate of drug-likeness (QED) is 0.315. The highest BCUT2D eigenvalue weighted by atomic mass is 127. The molecule has 4 rings (SSSR count). The van der Waals surface area contributed by atoms with Gasteiger partial charge in [-0.05, 0) is 82.8 Å². The molecule has 1 heterocycles. The Balaban J connectivity index is 1.56. The molecule has 1 saturated heterocycles. The van der Waals surface area contributed by atoms with Crippen LogP contribution in [0, 0.1) is 9.39 Å². The Bertz CT molecular complexity index is 1270. The van der Waals surface area contributed by atoms with Crippen LogP contribution < -0.4 is 10.7 Å². The van der Waals surface area contributed by atoms with E-state index in [4.69, 9.17) is 12.2 Å². The predicted molar refractivity (Wildman–Crippen MR) is 141 cm³/mol. The summed E-state index contributed by atoms with van der Waals surface area (Å²) in [4.78, 5) is 40.3. The van der Waals surface area contributed by atoms with Crippen molar-refractivity contribution >= 4 is 63.3 Å². The molecule has 0 aromatic heterocycles. The van der Waals surface area contributed by atoms with Gasteiger partial charge in [-0.1, -0.05) is 36.4 Å². The molecule has 0 aliphatic carbocycles. The van der Waals surface area contributed by atoms with Crippen LogP contribution in [0.1, 0.15) is 22.3 Å².